The summed E-state index contributed by atoms with van der Waals surface area (Å²) in [5.41, 5.74) is 1.28. The molecule has 6 heteroatoms. The fraction of sp³-hybridized carbons (Fsp3) is 0.450. The molecular weight excluding hydrogens is 350 g/mol. The molecule has 1 unspecified atom stereocenters. The largest absolute Gasteiger partial charge is 0.459 e. The van der Waals surface area contributed by atoms with E-state index in [9.17, 15) is 14.4 Å². The lowest BCUT2D eigenvalue weighted by Crippen LogP contribution is -2.18. The maximum Gasteiger partial charge on any atom is 0.330 e. The molecule has 0 spiro atoms. The normalized spacial score (nSPS) is 25.6. The van der Waals surface area contributed by atoms with Gasteiger partial charge in [0.15, 0.2) is 0 Å². The van der Waals surface area contributed by atoms with E-state index in [1.165, 1.54) is 11.5 Å². The number of rotatable bonds is 4. The predicted molar refractivity (Wildman–Crippen MR) is 103 cm³/mol. The van der Waals surface area contributed by atoms with Gasteiger partial charge >= 0.3 is 10.8 Å². The van der Waals surface area contributed by atoms with E-state index in [0.29, 0.717) is 12.3 Å². The van der Waals surface area contributed by atoms with E-state index < -0.39 is 0 Å². The van der Waals surface area contributed by atoms with Gasteiger partial charge in [-0.25, -0.2) is 4.79 Å². The SMILES string of the molecule is C/C1=C/C(=O)OC(C/C=C\C(=O)c2csc(=O)[nH]2)CC[C@H](C)/C=C\CC1. The molecule has 1 aliphatic rings. The number of allylic oxidation sites excluding steroid dienone is 4. The molecule has 26 heavy (non-hydrogen) atoms. The van der Waals surface area contributed by atoms with E-state index >= 15 is 0 Å². The summed E-state index contributed by atoms with van der Waals surface area (Å²) in [6, 6.07) is 0. The molecule has 2 rings (SSSR count). The monoisotopic (exact) mass is 375 g/mol. The molecule has 0 aliphatic carbocycles. The number of aromatic amines is 1. The van der Waals surface area contributed by atoms with Crippen molar-refractivity contribution in [3.63, 3.8) is 0 Å². The second-order valence-corrected chi connectivity index (χ2v) is 7.48. The Bertz CT molecular complexity index is 769. The van der Waals surface area contributed by atoms with Crippen LogP contribution in [0.15, 0.2) is 46.1 Å². The van der Waals surface area contributed by atoms with Crippen LogP contribution in [-0.4, -0.2) is 22.8 Å². The number of nitrogens with one attached hydrogen (secondary N) is 1. The molecule has 0 saturated carbocycles. The van der Waals surface area contributed by atoms with Gasteiger partial charge in [-0.3, -0.25) is 9.59 Å². The fourth-order valence-corrected chi connectivity index (χ4v) is 3.27. The number of H-pyrrole nitrogens is 1. The third-order valence-electron chi connectivity index (χ3n) is 4.22. The van der Waals surface area contributed by atoms with Crippen molar-refractivity contribution in [2.24, 2.45) is 5.92 Å². The molecule has 1 aromatic heterocycles. The van der Waals surface area contributed by atoms with Crippen LogP contribution in [-0.2, 0) is 9.53 Å². The second-order valence-electron chi connectivity index (χ2n) is 6.64. The lowest BCUT2D eigenvalue weighted by atomic mass is 9.99. The van der Waals surface area contributed by atoms with Crippen LogP contribution < -0.4 is 4.87 Å². The molecule has 1 aromatic rings. The average molecular weight is 375 g/mol. The molecule has 1 N–H and O–H groups in total. The first-order valence-corrected chi connectivity index (χ1v) is 9.75. The Morgan fingerprint density at radius 2 is 2.19 bits per heavy atom. The molecule has 0 saturated heterocycles. The fourth-order valence-electron chi connectivity index (χ4n) is 2.70. The number of cyclic esters (lactones) is 1. The minimum absolute atomic E-state index is 0.251. The summed E-state index contributed by atoms with van der Waals surface area (Å²) in [6.07, 6.45) is 12.7. The smallest absolute Gasteiger partial charge is 0.330 e. The highest BCUT2D eigenvalue weighted by atomic mass is 32.1. The summed E-state index contributed by atoms with van der Waals surface area (Å²) in [5.74, 6) is -0.164. The third-order valence-corrected chi connectivity index (χ3v) is 4.88. The average Bonchev–Trinajstić information content (AvgIpc) is 3.01. The Balaban J connectivity index is 2.00. The molecule has 0 aromatic carbocycles. The summed E-state index contributed by atoms with van der Waals surface area (Å²) in [4.78, 5) is 37.4. The van der Waals surface area contributed by atoms with E-state index in [0.717, 1.165) is 42.6 Å². The van der Waals surface area contributed by atoms with Crippen LogP contribution in [0.2, 0.25) is 0 Å². The zero-order valence-corrected chi connectivity index (χ0v) is 16.0. The van der Waals surface area contributed by atoms with Crippen molar-refractivity contribution < 1.29 is 14.3 Å². The van der Waals surface area contributed by atoms with Crippen LogP contribution in [0.3, 0.4) is 0 Å². The minimum Gasteiger partial charge on any atom is -0.459 e. The first-order chi connectivity index (χ1) is 12.4. The molecule has 2 heterocycles. The minimum atomic E-state index is -0.327. The maximum atomic E-state index is 12.1. The molecule has 5 nitrogen and oxygen atoms in total. The van der Waals surface area contributed by atoms with E-state index in [2.05, 4.69) is 24.1 Å². The predicted octanol–water partition coefficient (Wildman–Crippen LogP) is 4.19. The van der Waals surface area contributed by atoms with Gasteiger partial charge in [0.05, 0.1) is 5.69 Å². The Morgan fingerprint density at radius 1 is 1.38 bits per heavy atom. The molecule has 0 amide bonds. The van der Waals surface area contributed by atoms with Crippen molar-refractivity contribution in [2.45, 2.75) is 52.1 Å². The van der Waals surface area contributed by atoms with Crippen LogP contribution in [0.4, 0.5) is 0 Å². The highest BCUT2D eigenvalue weighted by Crippen LogP contribution is 2.17. The van der Waals surface area contributed by atoms with E-state index in [1.54, 1.807) is 12.2 Å². The van der Waals surface area contributed by atoms with Gasteiger partial charge in [0.1, 0.15) is 6.10 Å². The molecule has 0 radical (unpaired) electrons. The summed E-state index contributed by atoms with van der Waals surface area (Å²) in [6.45, 7) is 4.08. The van der Waals surface area contributed by atoms with Gasteiger partial charge in [-0.05, 0) is 44.6 Å². The van der Waals surface area contributed by atoms with Gasteiger partial charge in [0.2, 0.25) is 5.78 Å². The molecular formula is C20H25NO4S. The van der Waals surface area contributed by atoms with Crippen molar-refractivity contribution in [3.8, 4) is 0 Å². The zero-order chi connectivity index (χ0) is 18.9. The highest BCUT2D eigenvalue weighted by molar-refractivity contribution is 7.07. The molecule has 1 aliphatic heterocycles. The Labute approximate surface area is 157 Å². The quantitative estimate of drug-likeness (QED) is 0.370. The van der Waals surface area contributed by atoms with Crippen molar-refractivity contribution >= 4 is 23.1 Å². The number of thiazole rings is 1. The summed E-state index contributed by atoms with van der Waals surface area (Å²) in [7, 11) is 0. The molecule has 0 bridgehead atoms. The zero-order valence-electron chi connectivity index (χ0n) is 15.2. The lowest BCUT2D eigenvalue weighted by molar-refractivity contribution is -0.143. The first kappa shape index (κ1) is 20.1. The highest BCUT2D eigenvalue weighted by Gasteiger charge is 2.14. The van der Waals surface area contributed by atoms with Gasteiger partial charge in [-0.2, -0.15) is 0 Å². The van der Waals surface area contributed by atoms with Crippen LogP contribution in [0.1, 0.15) is 56.4 Å². The third kappa shape index (κ3) is 6.96. The van der Waals surface area contributed by atoms with Gasteiger partial charge < -0.3 is 9.72 Å². The van der Waals surface area contributed by atoms with Crippen LogP contribution in [0.5, 0.6) is 0 Å². The summed E-state index contributed by atoms with van der Waals surface area (Å²) in [5, 5.41) is 1.51. The van der Waals surface area contributed by atoms with Gasteiger partial charge in [0.25, 0.3) is 0 Å². The molecule has 2 atom stereocenters. The topological polar surface area (TPSA) is 76.2 Å². The molecule has 140 valence electrons. The van der Waals surface area contributed by atoms with E-state index in [1.807, 2.05) is 6.92 Å². The lowest BCUT2D eigenvalue weighted by Gasteiger charge is -2.18. The first-order valence-electron chi connectivity index (χ1n) is 8.87. The number of esters is 1. The number of hydrogen-bond acceptors (Lipinski definition) is 5. The second kappa shape index (κ2) is 10.1. The number of aromatic nitrogens is 1. The van der Waals surface area contributed by atoms with Gasteiger partial charge in [-0.15, -0.1) is 0 Å². The van der Waals surface area contributed by atoms with Crippen molar-refractivity contribution in [1.29, 1.82) is 0 Å². The Morgan fingerprint density at radius 3 is 2.92 bits per heavy atom. The van der Waals surface area contributed by atoms with Crippen LogP contribution in [0.25, 0.3) is 0 Å². The summed E-state index contributed by atoms with van der Waals surface area (Å²) >= 11 is 0.960. The van der Waals surface area contributed by atoms with Crippen molar-refractivity contribution in [2.75, 3.05) is 0 Å². The Hall–Kier alpha value is -2.21. The maximum absolute atomic E-state index is 12.1. The standard InChI is InChI=1S/C20H25NO4S/c1-14-6-3-4-7-15(2)12-19(23)25-16(11-10-14)8-5-9-18(22)17-13-26-20(24)21-17/h3,5-6,9,12-14,16H,4,7-8,10-11H2,1-2H3,(H,21,24)/b6-3-,9-5-,15-12-/t14-,16?/m1/s1. The number of carbonyl (C=O) groups is 2. The summed E-state index contributed by atoms with van der Waals surface area (Å²) < 4.78 is 5.58. The number of hydrogen-bond donors (Lipinski definition) is 1. The van der Waals surface area contributed by atoms with Crippen molar-refractivity contribution in [1.82, 2.24) is 4.98 Å². The number of carbonyl (C=O) groups excluding carboxylic acids is 2. The number of ether oxygens (including phenoxy) is 1. The van der Waals surface area contributed by atoms with Gasteiger partial charge in [-0.1, -0.05) is 42.1 Å². The number of ketones is 1. The van der Waals surface area contributed by atoms with Crippen molar-refractivity contribution in [3.05, 3.63) is 56.7 Å². The Kier molecular flexibility index (Phi) is 7.78. The van der Waals surface area contributed by atoms with E-state index in [4.69, 9.17) is 4.74 Å². The van der Waals surface area contributed by atoms with E-state index in [-0.39, 0.29) is 28.4 Å². The van der Waals surface area contributed by atoms with Crippen LogP contribution >= 0.6 is 11.3 Å². The van der Waals surface area contributed by atoms with Crippen LogP contribution in [0, 0.1) is 5.92 Å². The van der Waals surface area contributed by atoms with Gasteiger partial charge in [0, 0.05) is 17.9 Å². The molecule has 0 fully saturated rings.